The van der Waals surface area contributed by atoms with E-state index in [0.29, 0.717) is 36.8 Å². The van der Waals surface area contributed by atoms with E-state index in [1.54, 1.807) is 6.92 Å². The fraction of sp³-hybridized carbons (Fsp3) is 0.524. The van der Waals surface area contributed by atoms with Crippen molar-refractivity contribution < 1.29 is 27.9 Å². The molecule has 2 aromatic rings. The summed E-state index contributed by atoms with van der Waals surface area (Å²) in [7, 11) is -3.84. The van der Waals surface area contributed by atoms with Gasteiger partial charge in [-0.1, -0.05) is 6.07 Å². The van der Waals surface area contributed by atoms with Gasteiger partial charge < -0.3 is 15.3 Å². The second kappa shape index (κ2) is 8.96. The van der Waals surface area contributed by atoms with Gasteiger partial charge in [0.15, 0.2) is 6.73 Å². The van der Waals surface area contributed by atoms with E-state index in [1.165, 1.54) is 33.3 Å². The number of hydrogen-bond donors (Lipinski definition) is 1. The highest BCUT2D eigenvalue weighted by atomic mass is 32.2. The molecule has 2 N–H and O–H groups in total. The van der Waals surface area contributed by atoms with Crippen molar-refractivity contribution in [2.24, 2.45) is 11.1 Å². The molecule has 0 amide bonds. The first-order chi connectivity index (χ1) is 16.0. The largest absolute Gasteiger partial charge is 0.444 e. The molecular formula is C21H26N4O8S. The van der Waals surface area contributed by atoms with E-state index in [4.69, 9.17) is 10.5 Å². The standard InChI is InChI=1S/C21H26N4O8S/c1-14-10-23(13-32-18(26)9-21(6-7-21)12-33-25(28)29)20(27)16-3-2-4-17(19(14)16)34(30,31)24-8-5-15(22)11-24/h2-4,10,15H,5-9,11-13,22H2,1H3/t15-/m0/s1. The van der Waals surface area contributed by atoms with E-state index in [-0.39, 0.29) is 42.6 Å². The summed E-state index contributed by atoms with van der Waals surface area (Å²) in [6.45, 7) is 1.68. The van der Waals surface area contributed by atoms with Gasteiger partial charge in [0, 0.05) is 41.5 Å². The van der Waals surface area contributed by atoms with Crippen LogP contribution in [0.3, 0.4) is 0 Å². The Morgan fingerprint density at radius 2 is 2.09 bits per heavy atom. The van der Waals surface area contributed by atoms with E-state index in [0.717, 1.165) is 0 Å². The lowest BCUT2D eigenvalue weighted by atomic mass is 10.0. The predicted octanol–water partition coefficient (Wildman–Crippen LogP) is 0.911. The van der Waals surface area contributed by atoms with E-state index < -0.39 is 32.1 Å². The van der Waals surface area contributed by atoms with Crippen LogP contribution in [0.15, 0.2) is 34.1 Å². The molecule has 0 unspecified atom stereocenters. The van der Waals surface area contributed by atoms with Crippen LogP contribution in [0.5, 0.6) is 0 Å². The molecule has 2 heterocycles. The lowest BCUT2D eigenvalue weighted by Gasteiger charge is -2.19. The minimum absolute atomic E-state index is 0.0410. The molecule has 2 fully saturated rings. The van der Waals surface area contributed by atoms with Crippen LogP contribution in [0, 0.1) is 22.5 Å². The molecular weight excluding hydrogens is 468 g/mol. The molecule has 0 bridgehead atoms. The lowest BCUT2D eigenvalue weighted by Crippen LogP contribution is -2.32. The fourth-order valence-corrected chi connectivity index (χ4v) is 6.08. The number of aromatic nitrogens is 1. The van der Waals surface area contributed by atoms with Crippen LogP contribution in [-0.2, 0) is 31.1 Å². The molecule has 0 spiro atoms. The molecule has 1 aliphatic heterocycles. The molecule has 13 heteroatoms. The number of benzene rings is 1. The molecule has 0 radical (unpaired) electrons. The van der Waals surface area contributed by atoms with Gasteiger partial charge in [-0.05, 0) is 43.9 Å². The van der Waals surface area contributed by atoms with Crippen LogP contribution in [-0.4, -0.2) is 54.1 Å². The number of nitrogens with zero attached hydrogens (tertiary/aromatic N) is 3. The van der Waals surface area contributed by atoms with E-state index in [1.807, 2.05) is 0 Å². The highest BCUT2D eigenvalue weighted by Crippen LogP contribution is 2.49. The Bertz CT molecular complexity index is 1300. The van der Waals surface area contributed by atoms with Crippen LogP contribution >= 0.6 is 0 Å². The smallest absolute Gasteiger partial charge is 0.308 e. The zero-order chi connectivity index (χ0) is 24.7. The van der Waals surface area contributed by atoms with E-state index in [2.05, 4.69) is 4.84 Å². The zero-order valence-electron chi connectivity index (χ0n) is 18.6. The number of nitrogens with two attached hydrogens (primary N) is 1. The maximum absolute atomic E-state index is 13.2. The highest BCUT2D eigenvalue weighted by Gasteiger charge is 2.46. The first-order valence-corrected chi connectivity index (χ1v) is 12.3. The number of fused-ring (bicyclic) bond motifs is 1. The number of hydrogen-bond acceptors (Lipinski definition) is 9. The van der Waals surface area contributed by atoms with Gasteiger partial charge >= 0.3 is 5.97 Å². The van der Waals surface area contributed by atoms with E-state index in [9.17, 15) is 28.1 Å². The summed E-state index contributed by atoms with van der Waals surface area (Å²) in [4.78, 5) is 40.2. The van der Waals surface area contributed by atoms with Crippen LogP contribution < -0.4 is 11.3 Å². The highest BCUT2D eigenvalue weighted by molar-refractivity contribution is 7.89. The molecule has 1 aromatic carbocycles. The lowest BCUT2D eigenvalue weighted by molar-refractivity contribution is -0.759. The number of aryl methyl sites for hydroxylation is 1. The number of esters is 1. The maximum atomic E-state index is 13.2. The molecule has 34 heavy (non-hydrogen) atoms. The Morgan fingerprint density at radius 3 is 2.71 bits per heavy atom. The van der Waals surface area contributed by atoms with Gasteiger partial charge in [-0.25, -0.2) is 8.42 Å². The summed E-state index contributed by atoms with van der Waals surface area (Å²) < 4.78 is 34.2. The summed E-state index contributed by atoms with van der Waals surface area (Å²) in [5.41, 5.74) is 5.31. The number of carbonyl (C=O) groups is 1. The summed E-state index contributed by atoms with van der Waals surface area (Å²) in [5.74, 6) is -0.601. The second-order valence-electron chi connectivity index (χ2n) is 9.00. The van der Waals surface area contributed by atoms with E-state index >= 15 is 0 Å². The quantitative estimate of drug-likeness (QED) is 0.303. The van der Waals surface area contributed by atoms with Gasteiger partial charge in [0.25, 0.3) is 10.6 Å². The normalized spacial score (nSPS) is 19.8. The van der Waals surface area contributed by atoms with Crippen molar-refractivity contribution in [2.75, 3.05) is 19.7 Å². The van der Waals surface area contributed by atoms with Crippen LogP contribution in [0.25, 0.3) is 10.8 Å². The summed E-state index contributed by atoms with van der Waals surface area (Å²) >= 11 is 0. The number of carbonyl (C=O) groups excluding carboxylic acids is 1. The third-order valence-corrected chi connectivity index (χ3v) is 8.29. The number of ether oxygens (including phenoxy) is 1. The van der Waals surface area contributed by atoms with Crippen molar-refractivity contribution in [3.05, 3.63) is 50.4 Å². The molecule has 1 saturated heterocycles. The Hall–Kier alpha value is -3.03. The van der Waals surface area contributed by atoms with Gasteiger partial charge in [0.2, 0.25) is 10.0 Å². The van der Waals surface area contributed by atoms with Crippen molar-refractivity contribution in [3.63, 3.8) is 0 Å². The summed E-state index contributed by atoms with van der Waals surface area (Å²) in [5, 5.41) is 10.0. The van der Waals surface area contributed by atoms with Crippen LogP contribution in [0.1, 0.15) is 31.2 Å². The van der Waals surface area contributed by atoms with Gasteiger partial charge in [0.1, 0.15) is 6.61 Å². The predicted molar refractivity (Wildman–Crippen MR) is 120 cm³/mol. The average molecular weight is 495 g/mol. The van der Waals surface area contributed by atoms with Crippen molar-refractivity contribution in [1.82, 2.24) is 8.87 Å². The SMILES string of the molecule is Cc1cn(COC(=O)CC2(CO[N+](=O)[O-])CC2)c(=O)c2cccc(S(=O)(=O)N3CC[C@H](N)C3)c12. The molecule has 1 atom stereocenters. The molecule has 1 saturated carbocycles. The Labute approximate surface area is 195 Å². The Balaban J connectivity index is 1.55. The van der Waals surface area contributed by atoms with Crippen molar-refractivity contribution in [2.45, 2.75) is 50.3 Å². The van der Waals surface area contributed by atoms with Gasteiger partial charge in [-0.2, -0.15) is 4.31 Å². The first-order valence-electron chi connectivity index (χ1n) is 10.8. The topological polar surface area (TPSA) is 164 Å². The van der Waals surface area contributed by atoms with Gasteiger partial charge in [-0.15, -0.1) is 10.1 Å². The van der Waals surface area contributed by atoms with Crippen molar-refractivity contribution >= 4 is 26.8 Å². The minimum Gasteiger partial charge on any atom is -0.444 e. The minimum atomic E-state index is -3.84. The number of sulfonamides is 1. The fourth-order valence-electron chi connectivity index (χ4n) is 4.29. The summed E-state index contributed by atoms with van der Waals surface area (Å²) in [6, 6.07) is 4.29. The molecule has 184 valence electrons. The number of rotatable bonds is 9. The first kappa shape index (κ1) is 24.1. The molecule has 4 rings (SSSR count). The zero-order valence-corrected chi connectivity index (χ0v) is 19.5. The molecule has 2 aliphatic rings. The van der Waals surface area contributed by atoms with Crippen LogP contribution in [0.4, 0.5) is 0 Å². The van der Waals surface area contributed by atoms with Crippen molar-refractivity contribution in [1.29, 1.82) is 0 Å². The Morgan fingerprint density at radius 1 is 1.35 bits per heavy atom. The molecule has 1 aliphatic carbocycles. The monoisotopic (exact) mass is 494 g/mol. The van der Waals surface area contributed by atoms with Gasteiger partial charge in [-0.3, -0.25) is 14.2 Å². The average Bonchev–Trinajstić information content (AvgIpc) is 3.40. The third-order valence-electron chi connectivity index (χ3n) is 6.38. The van der Waals surface area contributed by atoms with Crippen LogP contribution in [0.2, 0.25) is 0 Å². The van der Waals surface area contributed by atoms with Crippen molar-refractivity contribution in [3.8, 4) is 0 Å². The third kappa shape index (κ3) is 4.76. The van der Waals surface area contributed by atoms with Gasteiger partial charge in [0.05, 0.1) is 11.3 Å². The Kier molecular flexibility index (Phi) is 6.36. The maximum Gasteiger partial charge on any atom is 0.308 e. The number of pyridine rings is 1. The summed E-state index contributed by atoms with van der Waals surface area (Å²) in [6.07, 6.45) is 3.20. The second-order valence-corrected chi connectivity index (χ2v) is 10.9. The molecule has 1 aromatic heterocycles. The molecule has 12 nitrogen and oxygen atoms in total.